The molecule has 0 aliphatic carbocycles. The van der Waals surface area contributed by atoms with Crippen molar-refractivity contribution >= 4 is 21.7 Å². The molecule has 2 nitrogen and oxygen atoms in total. The Hall–Kier alpha value is -1.01. The van der Waals surface area contributed by atoms with Crippen LogP contribution in [0.3, 0.4) is 0 Å². The topological polar surface area (TPSA) is 24.9 Å². The molecule has 0 saturated heterocycles. The third kappa shape index (κ3) is 2.97. The van der Waals surface area contributed by atoms with E-state index in [-0.39, 0.29) is 5.54 Å². The van der Waals surface area contributed by atoms with Crippen molar-refractivity contribution in [1.82, 2.24) is 4.98 Å². The van der Waals surface area contributed by atoms with Crippen LogP contribution >= 0.6 is 15.9 Å². The first-order valence-corrected chi connectivity index (χ1v) is 5.68. The number of aryl methyl sites for hydroxylation is 1. The van der Waals surface area contributed by atoms with Gasteiger partial charge in [0.25, 0.3) is 0 Å². The lowest BCUT2D eigenvalue weighted by Gasteiger charge is -2.24. The lowest BCUT2D eigenvalue weighted by Crippen LogP contribution is -2.32. The minimum Gasteiger partial charge on any atom is -0.353 e. The molecule has 15 heavy (non-hydrogen) atoms. The third-order valence-corrected chi connectivity index (χ3v) is 3.00. The van der Waals surface area contributed by atoms with Crippen LogP contribution in [0.2, 0.25) is 0 Å². The van der Waals surface area contributed by atoms with Crippen molar-refractivity contribution in [2.75, 3.05) is 5.32 Å². The highest BCUT2D eigenvalue weighted by Gasteiger charge is 2.19. The maximum atomic E-state index is 5.49. The van der Waals surface area contributed by atoms with E-state index in [1.165, 1.54) is 0 Å². The molecule has 0 bridgehead atoms. The monoisotopic (exact) mass is 266 g/mol. The summed E-state index contributed by atoms with van der Waals surface area (Å²) in [5.41, 5.74) is 0.774. The molecule has 1 aromatic heterocycles. The molecule has 0 fully saturated rings. The lowest BCUT2D eigenvalue weighted by molar-refractivity contribution is 0.631. The largest absolute Gasteiger partial charge is 0.353 e. The molecule has 0 aromatic carbocycles. The fourth-order valence-corrected chi connectivity index (χ4v) is 1.68. The molecule has 0 aliphatic rings. The maximum absolute atomic E-state index is 5.49. The van der Waals surface area contributed by atoms with Gasteiger partial charge in [0.2, 0.25) is 0 Å². The highest BCUT2D eigenvalue weighted by molar-refractivity contribution is 9.10. The number of pyridine rings is 1. The van der Waals surface area contributed by atoms with Gasteiger partial charge in [-0.2, -0.15) is 0 Å². The number of halogens is 1. The first-order chi connectivity index (χ1) is 7.00. The van der Waals surface area contributed by atoms with E-state index in [1.54, 1.807) is 0 Å². The van der Waals surface area contributed by atoms with Gasteiger partial charge in [-0.15, -0.1) is 6.42 Å². The minimum atomic E-state index is -0.342. The second-order valence-electron chi connectivity index (χ2n) is 3.80. The summed E-state index contributed by atoms with van der Waals surface area (Å²) in [7, 11) is 0. The first kappa shape index (κ1) is 12.1. The van der Waals surface area contributed by atoms with E-state index in [9.17, 15) is 0 Å². The quantitative estimate of drug-likeness (QED) is 0.849. The van der Waals surface area contributed by atoms with Crippen LogP contribution in [0.15, 0.2) is 16.7 Å². The summed E-state index contributed by atoms with van der Waals surface area (Å²) < 4.78 is 0.942. The highest BCUT2D eigenvalue weighted by atomic mass is 79.9. The zero-order valence-corrected chi connectivity index (χ0v) is 10.9. The number of anilines is 1. The second kappa shape index (κ2) is 4.67. The summed E-state index contributed by atoms with van der Waals surface area (Å²) in [4.78, 5) is 4.31. The van der Waals surface area contributed by atoms with E-state index in [1.807, 2.05) is 26.1 Å². The zero-order valence-electron chi connectivity index (χ0n) is 9.26. The zero-order chi connectivity index (χ0) is 11.5. The Balaban J connectivity index is 2.95. The van der Waals surface area contributed by atoms with Gasteiger partial charge in [0.05, 0.1) is 10.0 Å². The molecule has 1 aromatic rings. The van der Waals surface area contributed by atoms with Crippen LogP contribution in [0.25, 0.3) is 0 Å². The molecule has 1 N–H and O–H groups in total. The normalized spacial score (nSPS) is 14.1. The molecular weight excluding hydrogens is 252 g/mol. The molecule has 0 amide bonds. The minimum absolute atomic E-state index is 0.342. The lowest BCUT2D eigenvalue weighted by atomic mass is 10.0. The van der Waals surface area contributed by atoms with Gasteiger partial charge in [-0.3, -0.25) is 0 Å². The summed E-state index contributed by atoms with van der Waals surface area (Å²) in [6.45, 7) is 6.04. The van der Waals surface area contributed by atoms with E-state index in [0.717, 1.165) is 22.3 Å². The number of hydrogen-bond acceptors (Lipinski definition) is 2. The fourth-order valence-electron chi connectivity index (χ4n) is 1.11. The summed E-state index contributed by atoms with van der Waals surface area (Å²) in [6, 6.07) is 2.02. The van der Waals surface area contributed by atoms with Crippen molar-refractivity contribution < 1.29 is 0 Å². The summed E-state index contributed by atoms with van der Waals surface area (Å²) in [6.07, 6.45) is 8.16. The molecule has 0 saturated carbocycles. The van der Waals surface area contributed by atoms with Crippen molar-refractivity contribution in [2.45, 2.75) is 32.7 Å². The van der Waals surface area contributed by atoms with Gasteiger partial charge < -0.3 is 5.32 Å². The van der Waals surface area contributed by atoms with Crippen LogP contribution in [-0.2, 0) is 0 Å². The average molecular weight is 267 g/mol. The van der Waals surface area contributed by atoms with Crippen molar-refractivity contribution in [3.8, 4) is 12.3 Å². The van der Waals surface area contributed by atoms with Gasteiger partial charge in [0, 0.05) is 6.20 Å². The highest BCUT2D eigenvalue weighted by Crippen LogP contribution is 2.24. The molecule has 1 heterocycles. The smallest absolute Gasteiger partial charge is 0.141 e. The van der Waals surface area contributed by atoms with Crippen LogP contribution < -0.4 is 5.32 Å². The van der Waals surface area contributed by atoms with Crippen molar-refractivity contribution in [2.24, 2.45) is 0 Å². The van der Waals surface area contributed by atoms with Gasteiger partial charge in [0.1, 0.15) is 5.82 Å². The average Bonchev–Trinajstić information content (AvgIpc) is 2.22. The van der Waals surface area contributed by atoms with Crippen molar-refractivity contribution in [3.63, 3.8) is 0 Å². The maximum Gasteiger partial charge on any atom is 0.141 e. The Bertz CT molecular complexity index is 395. The van der Waals surface area contributed by atoms with Crippen LogP contribution in [0, 0.1) is 19.3 Å². The Kier molecular flexibility index (Phi) is 3.76. The molecule has 0 radical (unpaired) electrons. The number of terminal acetylenes is 1. The molecule has 1 atom stereocenters. The van der Waals surface area contributed by atoms with E-state index in [4.69, 9.17) is 6.42 Å². The van der Waals surface area contributed by atoms with E-state index in [0.29, 0.717) is 0 Å². The van der Waals surface area contributed by atoms with Gasteiger partial charge in [-0.1, -0.05) is 12.8 Å². The summed E-state index contributed by atoms with van der Waals surface area (Å²) >= 11 is 3.46. The molecule has 1 rings (SSSR count). The molecule has 0 aliphatic heterocycles. The van der Waals surface area contributed by atoms with Gasteiger partial charge in [-0.25, -0.2) is 4.98 Å². The van der Waals surface area contributed by atoms with Gasteiger partial charge in [-0.05, 0) is 47.8 Å². The molecule has 0 spiro atoms. The van der Waals surface area contributed by atoms with Crippen LogP contribution in [0.5, 0.6) is 0 Å². The Labute approximate surface area is 99.6 Å². The molecule has 1 unspecified atom stereocenters. The fraction of sp³-hybridized carbons (Fsp3) is 0.417. The Morgan fingerprint density at radius 1 is 1.67 bits per heavy atom. The number of rotatable bonds is 3. The number of aromatic nitrogens is 1. The van der Waals surface area contributed by atoms with Gasteiger partial charge >= 0.3 is 0 Å². The van der Waals surface area contributed by atoms with Crippen molar-refractivity contribution in [3.05, 3.63) is 22.3 Å². The van der Waals surface area contributed by atoms with Crippen LogP contribution in [0.1, 0.15) is 25.8 Å². The van der Waals surface area contributed by atoms with Crippen molar-refractivity contribution in [1.29, 1.82) is 0 Å². The Morgan fingerprint density at radius 2 is 2.33 bits per heavy atom. The molecular formula is C12H15BrN2. The third-order valence-electron chi connectivity index (χ3n) is 2.40. The SMILES string of the molecule is C#CC(C)(CC)Nc1ncc(C)cc1Br. The number of nitrogens with one attached hydrogen (secondary N) is 1. The number of nitrogens with zero attached hydrogens (tertiary/aromatic N) is 1. The summed E-state index contributed by atoms with van der Waals surface area (Å²) in [5.74, 6) is 3.54. The predicted molar refractivity (Wildman–Crippen MR) is 67.8 cm³/mol. The van der Waals surface area contributed by atoms with E-state index in [2.05, 4.69) is 39.1 Å². The van der Waals surface area contributed by atoms with E-state index < -0.39 is 0 Å². The molecule has 80 valence electrons. The van der Waals surface area contributed by atoms with E-state index >= 15 is 0 Å². The predicted octanol–water partition coefficient (Wildman–Crippen LogP) is 3.37. The second-order valence-corrected chi connectivity index (χ2v) is 4.65. The Morgan fingerprint density at radius 3 is 2.80 bits per heavy atom. The van der Waals surface area contributed by atoms with Gasteiger partial charge in [0.15, 0.2) is 0 Å². The molecule has 3 heteroatoms. The first-order valence-electron chi connectivity index (χ1n) is 4.89. The van der Waals surface area contributed by atoms with Crippen LogP contribution in [0.4, 0.5) is 5.82 Å². The summed E-state index contributed by atoms with van der Waals surface area (Å²) in [5, 5.41) is 3.26. The standard InChI is InChI=1S/C12H15BrN2/c1-5-12(4,6-2)15-11-10(13)7-9(3)8-14-11/h1,7-8H,6H2,2-4H3,(H,14,15). The number of hydrogen-bond donors (Lipinski definition) is 1. The van der Waals surface area contributed by atoms with Crippen LogP contribution in [-0.4, -0.2) is 10.5 Å².